The summed E-state index contributed by atoms with van der Waals surface area (Å²) in [5.41, 5.74) is 0.869. The number of halogens is 2. The van der Waals surface area contributed by atoms with Gasteiger partial charge in [-0.1, -0.05) is 44.5 Å². The van der Waals surface area contributed by atoms with Crippen molar-refractivity contribution in [1.29, 1.82) is 0 Å². The Hall–Kier alpha value is -0.600. The van der Waals surface area contributed by atoms with Crippen molar-refractivity contribution in [2.24, 2.45) is 5.92 Å². The van der Waals surface area contributed by atoms with Crippen LogP contribution in [0.5, 0.6) is 0 Å². The van der Waals surface area contributed by atoms with E-state index in [0.717, 1.165) is 24.9 Å². The Morgan fingerprint density at radius 3 is 2.65 bits per heavy atom. The van der Waals surface area contributed by atoms with Gasteiger partial charge in [-0.2, -0.15) is 0 Å². The molecule has 3 heteroatoms. The van der Waals surface area contributed by atoms with E-state index in [1.54, 1.807) is 6.07 Å². The minimum atomic E-state index is -0.337. The van der Waals surface area contributed by atoms with Gasteiger partial charge in [-0.15, -0.1) is 0 Å². The van der Waals surface area contributed by atoms with Crippen LogP contribution in [0, 0.1) is 11.7 Å². The number of nitrogens with one attached hydrogen (secondary N) is 1. The Kier molecular flexibility index (Phi) is 5.93. The van der Waals surface area contributed by atoms with Crippen LogP contribution in [0.2, 0.25) is 5.02 Å². The second-order valence-electron chi connectivity index (χ2n) is 4.78. The summed E-state index contributed by atoms with van der Waals surface area (Å²) in [6, 6.07) is 5.16. The number of rotatable bonds is 6. The molecule has 1 atom stereocenters. The lowest BCUT2D eigenvalue weighted by molar-refractivity contribution is 0.429. The van der Waals surface area contributed by atoms with Crippen molar-refractivity contribution < 1.29 is 4.39 Å². The standard InChI is InChI=1S/C14H21ClFN/c1-4-8-17-13(9-10(2)3)11-6-5-7-12(16)14(11)15/h5-7,10,13,17H,4,8-9H2,1-3H3. The second kappa shape index (κ2) is 6.97. The van der Waals surface area contributed by atoms with Crippen LogP contribution < -0.4 is 5.32 Å². The lowest BCUT2D eigenvalue weighted by Crippen LogP contribution is -2.24. The molecule has 0 aromatic heterocycles. The Labute approximate surface area is 108 Å². The fourth-order valence-electron chi connectivity index (χ4n) is 1.90. The zero-order chi connectivity index (χ0) is 12.8. The van der Waals surface area contributed by atoms with Crippen molar-refractivity contribution in [3.8, 4) is 0 Å². The third kappa shape index (κ3) is 4.29. The molecule has 0 heterocycles. The molecule has 0 amide bonds. The Morgan fingerprint density at radius 1 is 1.35 bits per heavy atom. The van der Waals surface area contributed by atoms with Crippen LogP contribution in [-0.4, -0.2) is 6.54 Å². The predicted molar refractivity (Wildman–Crippen MR) is 71.9 cm³/mol. The van der Waals surface area contributed by atoms with E-state index in [0.29, 0.717) is 5.92 Å². The van der Waals surface area contributed by atoms with Crippen molar-refractivity contribution in [2.45, 2.75) is 39.7 Å². The van der Waals surface area contributed by atoms with Gasteiger partial charge in [0.2, 0.25) is 0 Å². The molecule has 0 aliphatic heterocycles. The normalized spacial score (nSPS) is 13.1. The van der Waals surface area contributed by atoms with Gasteiger partial charge in [-0.25, -0.2) is 4.39 Å². The summed E-state index contributed by atoms with van der Waals surface area (Å²) in [7, 11) is 0. The van der Waals surface area contributed by atoms with Crippen LogP contribution in [-0.2, 0) is 0 Å². The van der Waals surface area contributed by atoms with Crippen LogP contribution in [0.1, 0.15) is 45.2 Å². The van der Waals surface area contributed by atoms with Crippen LogP contribution in [0.3, 0.4) is 0 Å². The van der Waals surface area contributed by atoms with E-state index < -0.39 is 0 Å². The largest absolute Gasteiger partial charge is 0.310 e. The molecule has 1 unspecified atom stereocenters. The minimum absolute atomic E-state index is 0.137. The van der Waals surface area contributed by atoms with Crippen LogP contribution in [0.15, 0.2) is 18.2 Å². The predicted octanol–water partition coefficient (Wildman–Crippen LogP) is 4.57. The maximum Gasteiger partial charge on any atom is 0.142 e. The highest BCUT2D eigenvalue weighted by atomic mass is 35.5. The maximum atomic E-state index is 13.4. The topological polar surface area (TPSA) is 12.0 Å². The highest BCUT2D eigenvalue weighted by Gasteiger charge is 2.17. The molecular formula is C14H21ClFN. The Balaban J connectivity index is 2.90. The molecule has 96 valence electrons. The van der Waals surface area contributed by atoms with Gasteiger partial charge in [0.1, 0.15) is 5.82 Å². The highest BCUT2D eigenvalue weighted by Crippen LogP contribution is 2.29. The Bertz CT molecular complexity index is 352. The summed E-state index contributed by atoms with van der Waals surface area (Å²) in [5.74, 6) is 0.208. The highest BCUT2D eigenvalue weighted by molar-refractivity contribution is 6.31. The average molecular weight is 258 g/mol. The molecule has 1 N–H and O–H groups in total. The smallest absolute Gasteiger partial charge is 0.142 e. The van der Waals surface area contributed by atoms with Crippen molar-refractivity contribution >= 4 is 11.6 Å². The summed E-state index contributed by atoms with van der Waals surface area (Å²) in [4.78, 5) is 0. The van der Waals surface area contributed by atoms with Gasteiger partial charge in [0, 0.05) is 6.04 Å². The van der Waals surface area contributed by atoms with E-state index in [-0.39, 0.29) is 16.9 Å². The molecule has 0 bridgehead atoms. The molecule has 17 heavy (non-hydrogen) atoms. The maximum absolute atomic E-state index is 13.4. The summed E-state index contributed by atoms with van der Waals surface area (Å²) in [6.07, 6.45) is 2.02. The van der Waals surface area contributed by atoms with Crippen LogP contribution >= 0.6 is 11.6 Å². The molecule has 0 radical (unpaired) electrons. The fraction of sp³-hybridized carbons (Fsp3) is 0.571. The molecule has 1 nitrogen and oxygen atoms in total. The number of benzene rings is 1. The molecule has 1 aromatic rings. The monoisotopic (exact) mass is 257 g/mol. The van der Waals surface area contributed by atoms with Gasteiger partial charge in [-0.3, -0.25) is 0 Å². The SMILES string of the molecule is CCCNC(CC(C)C)c1cccc(F)c1Cl. The van der Waals surface area contributed by atoms with E-state index in [1.807, 2.05) is 6.07 Å². The molecule has 1 rings (SSSR count). The first-order valence-electron chi connectivity index (χ1n) is 6.23. The number of hydrogen-bond donors (Lipinski definition) is 1. The molecule has 0 aliphatic rings. The second-order valence-corrected chi connectivity index (χ2v) is 5.16. The van der Waals surface area contributed by atoms with Gasteiger partial charge in [0.25, 0.3) is 0 Å². The summed E-state index contributed by atoms with van der Waals surface area (Å²) in [5, 5.41) is 3.69. The van der Waals surface area contributed by atoms with Gasteiger partial charge < -0.3 is 5.32 Å². The molecule has 0 aliphatic carbocycles. The molecule has 0 spiro atoms. The van der Waals surface area contributed by atoms with Gasteiger partial charge >= 0.3 is 0 Å². The van der Waals surface area contributed by atoms with Gasteiger partial charge in [-0.05, 0) is 36.9 Å². The first kappa shape index (κ1) is 14.5. The van der Waals surface area contributed by atoms with Crippen molar-refractivity contribution in [3.63, 3.8) is 0 Å². The molecule has 0 saturated carbocycles. The summed E-state index contributed by atoms with van der Waals surface area (Å²) in [6.45, 7) is 7.36. The summed E-state index contributed by atoms with van der Waals surface area (Å²) < 4.78 is 13.4. The third-order valence-corrected chi connectivity index (χ3v) is 3.10. The van der Waals surface area contributed by atoms with Crippen LogP contribution in [0.25, 0.3) is 0 Å². The molecule has 1 aromatic carbocycles. The lowest BCUT2D eigenvalue weighted by atomic mass is 9.96. The minimum Gasteiger partial charge on any atom is -0.310 e. The van der Waals surface area contributed by atoms with E-state index in [9.17, 15) is 4.39 Å². The van der Waals surface area contributed by atoms with Crippen molar-refractivity contribution in [3.05, 3.63) is 34.6 Å². The van der Waals surface area contributed by atoms with Crippen molar-refractivity contribution in [1.82, 2.24) is 5.32 Å². The molecule has 0 saturated heterocycles. The van der Waals surface area contributed by atoms with Crippen LogP contribution in [0.4, 0.5) is 4.39 Å². The molecular weight excluding hydrogens is 237 g/mol. The molecule has 0 fully saturated rings. The fourth-order valence-corrected chi connectivity index (χ4v) is 2.16. The van der Waals surface area contributed by atoms with E-state index >= 15 is 0 Å². The lowest BCUT2D eigenvalue weighted by Gasteiger charge is -2.22. The third-order valence-electron chi connectivity index (χ3n) is 2.70. The summed E-state index contributed by atoms with van der Waals surface area (Å²) >= 11 is 6.04. The number of hydrogen-bond acceptors (Lipinski definition) is 1. The Morgan fingerprint density at radius 2 is 2.06 bits per heavy atom. The van der Waals surface area contributed by atoms with Gasteiger partial charge in [0.15, 0.2) is 0 Å². The first-order chi connectivity index (χ1) is 8.06. The zero-order valence-electron chi connectivity index (χ0n) is 10.8. The quantitative estimate of drug-likeness (QED) is 0.787. The van der Waals surface area contributed by atoms with Crippen molar-refractivity contribution in [2.75, 3.05) is 6.54 Å². The average Bonchev–Trinajstić information content (AvgIpc) is 2.28. The first-order valence-corrected chi connectivity index (χ1v) is 6.61. The van der Waals surface area contributed by atoms with E-state index in [2.05, 4.69) is 26.1 Å². The van der Waals surface area contributed by atoms with E-state index in [4.69, 9.17) is 11.6 Å². The van der Waals surface area contributed by atoms with Gasteiger partial charge in [0.05, 0.1) is 5.02 Å². The zero-order valence-corrected chi connectivity index (χ0v) is 11.5. The van der Waals surface area contributed by atoms with E-state index in [1.165, 1.54) is 6.07 Å².